The SMILES string of the molecule is Fc1ccc2c(CC3CCN(CCOc4cccc5c4OCCO5)C3)noc2c1. The summed E-state index contributed by atoms with van der Waals surface area (Å²) in [6.07, 6.45) is 1.95. The van der Waals surface area contributed by atoms with Gasteiger partial charge < -0.3 is 18.7 Å². The van der Waals surface area contributed by atoms with E-state index in [-0.39, 0.29) is 5.82 Å². The molecule has 2 aliphatic rings. The fourth-order valence-electron chi connectivity index (χ4n) is 4.11. The molecule has 5 rings (SSSR count). The average Bonchev–Trinajstić information content (AvgIpc) is 3.35. The Morgan fingerprint density at radius 2 is 2.10 bits per heavy atom. The molecule has 0 radical (unpaired) electrons. The second kappa shape index (κ2) is 7.91. The average molecular weight is 398 g/mol. The third kappa shape index (κ3) is 3.87. The molecule has 0 saturated carbocycles. The van der Waals surface area contributed by atoms with Gasteiger partial charge in [-0.25, -0.2) is 4.39 Å². The van der Waals surface area contributed by atoms with Crippen LogP contribution < -0.4 is 14.2 Å². The van der Waals surface area contributed by atoms with Gasteiger partial charge in [0.1, 0.15) is 25.6 Å². The Morgan fingerprint density at radius 1 is 1.17 bits per heavy atom. The summed E-state index contributed by atoms with van der Waals surface area (Å²) < 4.78 is 35.9. The lowest BCUT2D eigenvalue weighted by Gasteiger charge is -2.21. The van der Waals surface area contributed by atoms with Crippen molar-refractivity contribution in [3.05, 3.63) is 47.9 Å². The normalized spacial score (nSPS) is 19.0. The lowest BCUT2D eigenvalue weighted by Crippen LogP contribution is -2.26. The molecule has 152 valence electrons. The first-order valence-corrected chi connectivity index (χ1v) is 10.0. The number of likely N-dealkylation sites (tertiary alicyclic amines) is 1. The van der Waals surface area contributed by atoms with Crippen molar-refractivity contribution in [2.45, 2.75) is 12.8 Å². The Labute approximate surface area is 168 Å². The number of halogens is 1. The highest BCUT2D eigenvalue weighted by molar-refractivity contribution is 5.79. The number of ether oxygens (including phenoxy) is 3. The number of benzene rings is 2. The van der Waals surface area contributed by atoms with Crippen molar-refractivity contribution in [1.29, 1.82) is 0 Å². The molecular formula is C22H23FN2O4. The van der Waals surface area contributed by atoms with E-state index in [1.54, 1.807) is 6.07 Å². The first kappa shape index (κ1) is 18.2. The van der Waals surface area contributed by atoms with Crippen LogP contribution in [0.3, 0.4) is 0 Å². The summed E-state index contributed by atoms with van der Waals surface area (Å²) in [7, 11) is 0. The Morgan fingerprint density at radius 3 is 3.07 bits per heavy atom. The quantitative estimate of drug-likeness (QED) is 0.631. The minimum atomic E-state index is -0.302. The molecule has 3 aromatic rings. The predicted molar refractivity (Wildman–Crippen MR) is 105 cm³/mol. The maximum atomic E-state index is 13.3. The van der Waals surface area contributed by atoms with E-state index < -0.39 is 0 Å². The van der Waals surface area contributed by atoms with Gasteiger partial charge in [-0.05, 0) is 49.6 Å². The van der Waals surface area contributed by atoms with Crippen LogP contribution in [0.25, 0.3) is 11.0 Å². The molecular weight excluding hydrogens is 375 g/mol. The fraction of sp³-hybridized carbons (Fsp3) is 0.409. The molecule has 1 saturated heterocycles. The number of rotatable bonds is 6. The van der Waals surface area contributed by atoms with Crippen molar-refractivity contribution < 1.29 is 23.1 Å². The van der Waals surface area contributed by atoms with Crippen molar-refractivity contribution in [1.82, 2.24) is 10.1 Å². The summed E-state index contributed by atoms with van der Waals surface area (Å²) in [5.41, 5.74) is 1.43. The lowest BCUT2D eigenvalue weighted by atomic mass is 10.0. The molecule has 0 aliphatic carbocycles. The first-order chi connectivity index (χ1) is 14.3. The molecule has 0 bridgehead atoms. The standard InChI is InChI=1S/C22H23FN2O4/c23-16-4-5-17-18(24-29-21(17)13-16)12-15-6-7-25(14-15)8-9-26-19-2-1-3-20-22(19)28-11-10-27-20/h1-5,13,15H,6-12,14H2. The fourth-order valence-corrected chi connectivity index (χ4v) is 4.11. The van der Waals surface area contributed by atoms with Gasteiger partial charge in [-0.1, -0.05) is 11.2 Å². The molecule has 1 atom stereocenters. The number of hydrogen-bond acceptors (Lipinski definition) is 6. The summed E-state index contributed by atoms with van der Waals surface area (Å²) >= 11 is 0. The van der Waals surface area contributed by atoms with Gasteiger partial charge in [0, 0.05) is 24.5 Å². The van der Waals surface area contributed by atoms with E-state index in [2.05, 4.69) is 10.1 Å². The van der Waals surface area contributed by atoms with E-state index in [1.807, 2.05) is 18.2 Å². The number of hydrogen-bond donors (Lipinski definition) is 0. The molecule has 1 fully saturated rings. The molecule has 29 heavy (non-hydrogen) atoms. The maximum Gasteiger partial charge on any atom is 0.203 e. The van der Waals surface area contributed by atoms with Crippen molar-refractivity contribution in [3.63, 3.8) is 0 Å². The van der Waals surface area contributed by atoms with Crippen LogP contribution in [0.4, 0.5) is 4.39 Å². The van der Waals surface area contributed by atoms with E-state index in [1.165, 1.54) is 12.1 Å². The number of para-hydroxylation sites is 1. The van der Waals surface area contributed by atoms with Gasteiger partial charge in [0.2, 0.25) is 5.75 Å². The van der Waals surface area contributed by atoms with Crippen LogP contribution in [-0.4, -0.2) is 49.5 Å². The third-order valence-corrected chi connectivity index (χ3v) is 5.56. The topological polar surface area (TPSA) is 57.0 Å². The smallest absolute Gasteiger partial charge is 0.203 e. The van der Waals surface area contributed by atoms with E-state index in [0.29, 0.717) is 37.1 Å². The maximum absolute atomic E-state index is 13.3. The Kier molecular flexibility index (Phi) is 4.97. The van der Waals surface area contributed by atoms with Crippen LogP contribution in [-0.2, 0) is 6.42 Å². The Balaban J connectivity index is 1.14. The van der Waals surface area contributed by atoms with E-state index in [0.717, 1.165) is 55.1 Å². The van der Waals surface area contributed by atoms with Crippen LogP contribution in [0.1, 0.15) is 12.1 Å². The molecule has 0 N–H and O–H groups in total. The summed E-state index contributed by atoms with van der Waals surface area (Å²) in [4.78, 5) is 2.40. The van der Waals surface area contributed by atoms with Crippen LogP contribution in [0.2, 0.25) is 0 Å². The van der Waals surface area contributed by atoms with E-state index in [9.17, 15) is 4.39 Å². The Hall–Kier alpha value is -2.80. The van der Waals surface area contributed by atoms with Gasteiger partial charge in [0.05, 0.1) is 5.69 Å². The molecule has 1 aromatic heterocycles. The van der Waals surface area contributed by atoms with Crippen LogP contribution >= 0.6 is 0 Å². The van der Waals surface area contributed by atoms with Gasteiger partial charge in [-0.3, -0.25) is 4.90 Å². The Bertz CT molecular complexity index is 1010. The first-order valence-electron chi connectivity index (χ1n) is 10.0. The summed E-state index contributed by atoms with van der Waals surface area (Å²) in [5.74, 6) is 2.39. The van der Waals surface area contributed by atoms with E-state index in [4.69, 9.17) is 18.7 Å². The number of aromatic nitrogens is 1. The van der Waals surface area contributed by atoms with E-state index >= 15 is 0 Å². The molecule has 7 heteroatoms. The zero-order valence-electron chi connectivity index (χ0n) is 16.1. The van der Waals surface area contributed by atoms with Gasteiger partial charge in [-0.15, -0.1) is 0 Å². The molecule has 1 unspecified atom stereocenters. The second-order valence-corrected chi connectivity index (χ2v) is 7.56. The summed E-state index contributed by atoms with van der Waals surface area (Å²) in [6.45, 7) is 4.59. The molecule has 0 amide bonds. The molecule has 0 spiro atoms. The number of nitrogens with zero attached hydrogens (tertiary/aromatic N) is 2. The van der Waals surface area contributed by atoms with Gasteiger partial charge in [0.15, 0.2) is 17.1 Å². The zero-order valence-corrected chi connectivity index (χ0v) is 16.1. The van der Waals surface area contributed by atoms with Crippen LogP contribution in [0.5, 0.6) is 17.2 Å². The monoisotopic (exact) mass is 398 g/mol. The van der Waals surface area contributed by atoms with Crippen molar-refractivity contribution in [2.75, 3.05) is 39.5 Å². The van der Waals surface area contributed by atoms with Crippen molar-refractivity contribution in [3.8, 4) is 17.2 Å². The highest BCUT2D eigenvalue weighted by atomic mass is 19.1. The molecule has 2 aliphatic heterocycles. The van der Waals surface area contributed by atoms with Gasteiger partial charge in [0.25, 0.3) is 0 Å². The second-order valence-electron chi connectivity index (χ2n) is 7.56. The largest absolute Gasteiger partial charge is 0.488 e. The number of fused-ring (bicyclic) bond motifs is 2. The highest BCUT2D eigenvalue weighted by Gasteiger charge is 2.25. The van der Waals surface area contributed by atoms with Gasteiger partial charge >= 0.3 is 0 Å². The predicted octanol–water partition coefficient (Wildman–Crippen LogP) is 3.68. The highest BCUT2D eigenvalue weighted by Crippen LogP contribution is 2.39. The van der Waals surface area contributed by atoms with Crippen LogP contribution in [0, 0.1) is 11.7 Å². The third-order valence-electron chi connectivity index (χ3n) is 5.56. The minimum absolute atomic E-state index is 0.302. The molecule has 3 heterocycles. The molecule has 2 aromatic carbocycles. The summed E-state index contributed by atoms with van der Waals surface area (Å²) in [5, 5.41) is 5.06. The van der Waals surface area contributed by atoms with Gasteiger partial charge in [-0.2, -0.15) is 0 Å². The van der Waals surface area contributed by atoms with Crippen molar-refractivity contribution >= 4 is 11.0 Å². The minimum Gasteiger partial charge on any atom is -0.488 e. The van der Waals surface area contributed by atoms with Crippen molar-refractivity contribution in [2.24, 2.45) is 5.92 Å². The van der Waals surface area contributed by atoms with Crippen LogP contribution in [0.15, 0.2) is 40.9 Å². The lowest BCUT2D eigenvalue weighted by molar-refractivity contribution is 0.158. The zero-order chi connectivity index (χ0) is 19.6. The molecule has 6 nitrogen and oxygen atoms in total. The summed E-state index contributed by atoms with van der Waals surface area (Å²) in [6, 6.07) is 10.3.